The first kappa shape index (κ1) is 15.7. The molecule has 4 rings (SSSR count). The molecule has 2 fully saturated rings. The van der Waals surface area contributed by atoms with Crippen LogP contribution in [0.4, 0.5) is 5.82 Å². The van der Waals surface area contributed by atoms with Gasteiger partial charge >= 0.3 is 0 Å². The molecular weight excluding hydrogens is 328 g/mol. The zero-order chi connectivity index (χ0) is 16.9. The fraction of sp³-hybridized carbons (Fsp3) is 0.562. The van der Waals surface area contributed by atoms with Gasteiger partial charge in [-0.1, -0.05) is 0 Å². The molecule has 0 aliphatic carbocycles. The molecule has 0 unspecified atom stereocenters. The van der Waals surface area contributed by atoms with Crippen LogP contribution in [0, 0.1) is 12.3 Å². The monoisotopic (exact) mass is 348 g/mol. The van der Waals surface area contributed by atoms with E-state index in [2.05, 4.69) is 19.9 Å². The number of hydrogen-bond acceptors (Lipinski definition) is 7. The van der Waals surface area contributed by atoms with Gasteiger partial charge in [-0.2, -0.15) is 0 Å². The van der Waals surface area contributed by atoms with Gasteiger partial charge in [0.05, 0.1) is 0 Å². The molecule has 0 bridgehead atoms. The van der Waals surface area contributed by atoms with Gasteiger partial charge in [-0.25, -0.2) is 23.4 Å². The molecule has 7 nitrogen and oxygen atoms in total. The maximum atomic E-state index is 11.8. The molecule has 4 heterocycles. The topological polar surface area (TPSA) is 85.3 Å². The molecule has 24 heavy (non-hydrogen) atoms. The number of nitrogens with zero attached hydrogens (tertiary/aromatic N) is 4. The van der Waals surface area contributed by atoms with E-state index in [-0.39, 0.29) is 5.16 Å². The molecule has 2 aromatic heterocycles. The Labute approximate surface area is 141 Å². The van der Waals surface area contributed by atoms with Crippen LogP contribution in [0.25, 0.3) is 10.9 Å². The number of hydrogen-bond donors (Lipinski definition) is 0. The number of aromatic nitrogens is 3. The Kier molecular flexibility index (Phi) is 3.50. The van der Waals surface area contributed by atoms with Crippen LogP contribution in [0.3, 0.4) is 0 Å². The Morgan fingerprint density at radius 1 is 1.21 bits per heavy atom. The van der Waals surface area contributed by atoms with Crippen LogP contribution >= 0.6 is 0 Å². The smallest absolute Gasteiger partial charge is 0.247 e. The van der Waals surface area contributed by atoms with E-state index in [1.54, 1.807) is 6.20 Å². The number of rotatable bonds is 2. The summed E-state index contributed by atoms with van der Waals surface area (Å²) in [5, 5.41) is 0.668. The Bertz CT molecular complexity index is 899. The molecule has 2 aromatic rings. The predicted octanol–water partition coefficient (Wildman–Crippen LogP) is 1.35. The summed E-state index contributed by atoms with van der Waals surface area (Å²) >= 11 is 0. The fourth-order valence-corrected chi connectivity index (χ4v) is 4.07. The molecule has 0 aromatic carbocycles. The highest BCUT2D eigenvalue weighted by atomic mass is 32.2. The van der Waals surface area contributed by atoms with Crippen molar-refractivity contribution in [3.05, 3.63) is 18.0 Å². The van der Waals surface area contributed by atoms with Gasteiger partial charge in [0.25, 0.3) is 0 Å². The molecule has 0 N–H and O–H groups in total. The second-order valence-electron chi connectivity index (χ2n) is 6.92. The van der Waals surface area contributed by atoms with Gasteiger partial charge in [0, 0.05) is 55.3 Å². The van der Waals surface area contributed by atoms with Crippen molar-refractivity contribution >= 4 is 26.6 Å². The highest BCUT2D eigenvalue weighted by Crippen LogP contribution is 2.42. The lowest BCUT2D eigenvalue weighted by Crippen LogP contribution is -2.59. The molecule has 2 saturated heterocycles. The number of aryl methyl sites for hydroxylation is 1. The van der Waals surface area contributed by atoms with Crippen molar-refractivity contribution in [3.8, 4) is 0 Å². The predicted molar refractivity (Wildman–Crippen MR) is 89.9 cm³/mol. The van der Waals surface area contributed by atoms with Gasteiger partial charge in [-0.3, -0.25) is 0 Å². The number of sulfone groups is 1. The van der Waals surface area contributed by atoms with Crippen LogP contribution < -0.4 is 4.90 Å². The molecule has 1 spiro atoms. The first-order chi connectivity index (χ1) is 11.4. The summed E-state index contributed by atoms with van der Waals surface area (Å²) in [5.41, 5.74) is 1.79. The van der Waals surface area contributed by atoms with Crippen molar-refractivity contribution < 1.29 is 13.2 Å². The zero-order valence-electron chi connectivity index (χ0n) is 13.8. The SMILES string of the molecule is Cc1cc2cnc(S(C)(=O)=O)nc2c(N2CC3(CCOCC3)C2)n1. The van der Waals surface area contributed by atoms with Crippen molar-refractivity contribution in [1.82, 2.24) is 15.0 Å². The van der Waals surface area contributed by atoms with E-state index >= 15 is 0 Å². The first-order valence-electron chi connectivity index (χ1n) is 8.04. The minimum atomic E-state index is -3.45. The quantitative estimate of drug-likeness (QED) is 0.757. The molecule has 0 atom stereocenters. The van der Waals surface area contributed by atoms with Crippen molar-refractivity contribution in [1.29, 1.82) is 0 Å². The van der Waals surface area contributed by atoms with E-state index < -0.39 is 9.84 Å². The van der Waals surface area contributed by atoms with E-state index in [1.165, 1.54) is 0 Å². The summed E-state index contributed by atoms with van der Waals surface area (Å²) < 4.78 is 29.0. The van der Waals surface area contributed by atoms with Crippen LogP contribution in [-0.4, -0.2) is 55.9 Å². The summed E-state index contributed by atoms with van der Waals surface area (Å²) in [4.78, 5) is 15.1. The van der Waals surface area contributed by atoms with Gasteiger partial charge in [0.1, 0.15) is 5.52 Å². The van der Waals surface area contributed by atoms with Gasteiger partial charge in [-0.05, 0) is 25.8 Å². The number of fused-ring (bicyclic) bond motifs is 1. The lowest BCUT2D eigenvalue weighted by atomic mass is 9.73. The van der Waals surface area contributed by atoms with Crippen LogP contribution in [0.15, 0.2) is 17.4 Å². The summed E-state index contributed by atoms with van der Waals surface area (Å²) in [6, 6.07) is 1.88. The molecule has 2 aliphatic heterocycles. The molecule has 128 valence electrons. The first-order valence-corrected chi connectivity index (χ1v) is 9.93. The average molecular weight is 348 g/mol. The molecule has 8 heteroatoms. The number of pyridine rings is 1. The van der Waals surface area contributed by atoms with E-state index in [9.17, 15) is 8.42 Å². The second kappa shape index (κ2) is 5.35. The summed E-state index contributed by atoms with van der Waals surface area (Å²) in [6.45, 7) is 5.39. The van der Waals surface area contributed by atoms with Gasteiger partial charge in [0.2, 0.25) is 15.0 Å². The lowest BCUT2D eigenvalue weighted by molar-refractivity contribution is -0.000375. The van der Waals surface area contributed by atoms with Gasteiger partial charge in [0.15, 0.2) is 5.82 Å². The van der Waals surface area contributed by atoms with Crippen LogP contribution in [0.1, 0.15) is 18.5 Å². The largest absolute Gasteiger partial charge is 0.381 e. The Morgan fingerprint density at radius 3 is 2.58 bits per heavy atom. The highest BCUT2D eigenvalue weighted by Gasteiger charge is 2.45. The second-order valence-corrected chi connectivity index (χ2v) is 8.83. The average Bonchev–Trinajstić information content (AvgIpc) is 2.51. The van der Waals surface area contributed by atoms with Gasteiger partial charge in [-0.15, -0.1) is 0 Å². The van der Waals surface area contributed by atoms with Crippen LogP contribution in [-0.2, 0) is 14.6 Å². The molecule has 0 saturated carbocycles. The van der Waals surface area contributed by atoms with E-state index in [4.69, 9.17) is 4.74 Å². The van der Waals surface area contributed by atoms with Crippen LogP contribution in [0.5, 0.6) is 0 Å². The third-order valence-corrected chi connectivity index (χ3v) is 5.75. The molecule has 0 amide bonds. The minimum absolute atomic E-state index is 0.150. The van der Waals surface area contributed by atoms with Gasteiger partial charge < -0.3 is 9.64 Å². The summed E-state index contributed by atoms with van der Waals surface area (Å²) in [5.74, 6) is 0.759. The van der Waals surface area contributed by atoms with Crippen molar-refractivity contribution in [2.75, 3.05) is 37.5 Å². The van der Waals surface area contributed by atoms with Crippen molar-refractivity contribution in [3.63, 3.8) is 0 Å². The third-order valence-electron chi connectivity index (χ3n) is 4.89. The Morgan fingerprint density at radius 2 is 1.92 bits per heavy atom. The van der Waals surface area contributed by atoms with Crippen LogP contribution in [0.2, 0.25) is 0 Å². The van der Waals surface area contributed by atoms with E-state index in [0.29, 0.717) is 10.9 Å². The fourth-order valence-electron chi connectivity index (χ4n) is 3.57. The van der Waals surface area contributed by atoms with E-state index in [0.717, 1.165) is 62.3 Å². The van der Waals surface area contributed by atoms with Crippen molar-refractivity contribution in [2.45, 2.75) is 24.9 Å². The number of anilines is 1. The highest BCUT2D eigenvalue weighted by molar-refractivity contribution is 7.90. The molecular formula is C16H20N4O3S. The standard InChI is InChI=1S/C16H20N4O3S/c1-11-7-12-8-17-15(24(2,21)22)19-13(12)14(18-11)20-9-16(10-20)3-5-23-6-4-16/h7-8H,3-6,9-10H2,1-2H3. The maximum absolute atomic E-state index is 11.8. The maximum Gasteiger partial charge on any atom is 0.247 e. The zero-order valence-corrected chi connectivity index (χ0v) is 14.6. The molecule has 2 aliphatic rings. The summed E-state index contributed by atoms with van der Waals surface area (Å²) in [7, 11) is -3.45. The Hall–Kier alpha value is -1.80. The third kappa shape index (κ3) is 2.63. The lowest BCUT2D eigenvalue weighted by Gasteiger charge is -2.52. The number of ether oxygens (including phenoxy) is 1. The van der Waals surface area contributed by atoms with E-state index in [1.807, 2.05) is 13.0 Å². The molecule has 0 radical (unpaired) electrons. The minimum Gasteiger partial charge on any atom is -0.381 e. The van der Waals surface area contributed by atoms with Crippen molar-refractivity contribution in [2.24, 2.45) is 5.41 Å². The normalized spacial score (nSPS) is 20.3. The Balaban J connectivity index is 1.74. The summed E-state index contributed by atoms with van der Waals surface area (Å²) in [6.07, 6.45) is 4.82.